The van der Waals surface area contributed by atoms with Gasteiger partial charge in [-0.1, -0.05) is 42.1 Å². The Morgan fingerprint density at radius 3 is 2.32 bits per heavy atom. The second kappa shape index (κ2) is 10.9. The Labute approximate surface area is 203 Å². The van der Waals surface area contributed by atoms with E-state index in [9.17, 15) is 4.79 Å². The number of nitrogens with zero attached hydrogens (tertiary/aromatic N) is 3. The lowest BCUT2D eigenvalue weighted by Crippen LogP contribution is -2.22. The molecule has 0 radical (unpaired) electrons. The van der Waals surface area contributed by atoms with Crippen molar-refractivity contribution in [2.45, 2.75) is 23.9 Å². The number of amides is 1. The maximum atomic E-state index is 12.7. The Morgan fingerprint density at radius 1 is 0.971 bits per heavy atom. The van der Waals surface area contributed by atoms with Crippen molar-refractivity contribution in [2.75, 3.05) is 12.4 Å². The molecule has 8 heteroatoms. The van der Waals surface area contributed by atoms with Crippen molar-refractivity contribution in [3.05, 3.63) is 84.4 Å². The molecule has 1 aromatic heterocycles. The predicted octanol–water partition coefficient (Wildman–Crippen LogP) is 5.19. The van der Waals surface area contributed by atoms with Crippen LogP contribution in [0.5, 0.6) is 11.5 Å². The summed E-state index contributed by atoms with van der Waals surface area (Å²) in [6.07, 6.45) is 0. The number of thioether (sulfide) groups is 1. The van der Waals surface area contributed by atoms with Crippen molar-refractivity contribution >= 4 is 23.4 Å². The van der Waals surface area contributed by atoms with Crippen molar-refractivity contribution < 1.29 is 14.3 Å². The second-order valence-corrected chi connectivity index (χ2v) is 8.95. The molecule has 0 fully saturated rings. The molecule has 0 aliphatic rings. The number of anilines is 1. The third-order valence-corrected chi connectivity index (χ3v) is 6.34. The summed E-state index contributed by atoms with van der Waals surface area (Å²) in [7, 11) is 3.52. The van der Waals surface area contributed by atoms with Crippen molar-refractivity contribution in [2.24, 2.45) is 7.05 Å². The minimum absolute atomic E-state index is 0.114. The van der Waals surface area contributed by atoms with Gasteiger partial charge in [0.15, 0.2) is 11.0 Å². The standard InChI is InChI=1S/C26H26N4O3S/c1-18(34-26-29-28-24(30(26)2)20-9-13-22(32-3)14-10-20)25(31)27-21-11-15-23(16-12-21)33-17-19-7-5-4-6-8-19/h4-16,18H,17H2,1-3H3,(H,27,31)/t18-/m1/s1. The minimum atomic E-state index is -0.361. The molecule has 0 saturated carbocycles. The summed E-state index contributed by atoms with van der Waals surface area (Å²) in [4.78, 5) is 12.7. The lowest BCUT2D eigenvalue weighted by atomic mass is 10.2. The second-order valence-electron chi connectivity index (χ2n) is 7.64. The number of nitrogens with one attached hydrogen (secondary N) is 1. The predicted molar refractivity (Wildman–Crippen MR) is 134 cm³/mol. The molecule has 0 aliphatic carbocycles. The number of hydrogen-bond donors (Lipinski definition) is 1. The van der Waals surface area contributed by atoms with E-state index in [0.717, 1.165) is 28.5 Å². The highest BCUT2D eigenvalue weighted by Crippen LogP contribution is 2.27. The van der Waals surface area contributed by atoms with Crippen LogP contribution in [-0.2, 0) is 18.4 Å². The molecular formula is C26H26N4O3S. The smallest absolute Gasteiger partial charge is 0.237 e. The third-order valence-electron chi connectivity index (χ3n) is 5.20. The highest BCUT2D eigenvalue weighted by molar-refractivity contribution is 8.00. The van der Waals surface area contributed by atoms with Crippen LogP contribution in [0.2, 0.25) is 0 Å². The van der Waals surface area contributed by atoms with Gasteiger partial charge in [-0.2, -0.15) is 0 Å². The first-order valence-electron chi connectivity index (χ1n) is 10.8. The summed E-state index contributed by atoms with van der Waals surface area (Å²) in [6, 6.07) is 25.0. The van der Waals surface area contributed by atoms with Crippen LogP contribution in [0.1, 0.15) is 12.5 Å². The average molecular weight is 475 g/mol. The zero-order valence-electron chi connectivity index (χ0n) is 19.3. The molecule has 1 atom stereocenters. The van der Waals surface area contributed by atoms with Crippen LogP contribution in [0, 0.1) is 0 Å². The first-order valence-corrected chi connectivity index (χ1v) is 11.7. The molecule has 0 spiro atoms. The fourth-order valence-electron chi connectivity index (χ4n) is 3.24. The van der Waals surface area contributed by atoms with Gasteiger partial charge in [0, 0.05) is 18.3 Å². The van der Waals surface area contributed by atoms with Gasteiger partial charge in [-0.25, -0.2) is 0 Å². The van der Waals surface area contributed by atoms with E-state index in [1.165, 1.54) is 11.8 Å². The number of hydrogen-bond acceptors (Lipinski definition) is 6. The summed E-state index contributed by atoms with van der Waals surface area (Å²) in [5, 5.41) is 11.8. The van der Waals surface area contributed by atoms with Crippen molar-refractivity contribution in [3.63, 3.8) is 0 Å². The van der Waals surface area contributed by atoms with E-state index < -0.39 is 0 Å². The number of methoxy groups -OCH3 is 1. The largest absolute Gasteiger partial charge is 0.497 e. The molecule has 4 rings (SSSR count). The van der Waals surface area contributed by atoms with E-state index in [1.54, 1.807) is 7.11 Å². The van der Waals surface area contributed by atoms with Crippen LogP contribution in [0.3, 0.4) is 0 Å². The quantitative estimate of drug-likeness (QED) is 0.337. The van der Waals surface area contributed by atoms with Crippen LogP contribution < -0.4 is 14.8 Å². The van der Waals surface area contributed by atoms with Gasteiger partial charge in [-0.05, 0) is 61.0 Å². The maximum Gasteiger partial charge on any atom is 0.237 e. The molecule has 1 heterocycles. The van der Waals surface area contributed by atoms with E-state index in [4.69, 9.17) is 9.47 Å². The van der Waals surface area contributed by atoms with Crippen molar-refractivity contribution in [1.29, 1.82) is 0 Å². The average Bonchev–Trinajstić information content (AvgIpc) is 3.24. The van der Waals surface area contributed by atoms with E-state index in [-0.39, 0.29) is 11.2 Å². The first-order chi connectivity index (χ1) is 16.5. The molecule has 0 unspecified atom stereocenters. The number of ether oxygens (including phenoxy) is 2. The van der Waals surface area contributed by atoms with Gasteiger partial charge in [-0.15, -0.1) is 10.2 Å². The zero-order valence-corrected chi connectivity index (χ0v) is 20.1. The van der Waals surface area contributed by atoms with Crippen LogP contribution >= 0.6 is 11.8 Å². The fraction of sp³-hybridized carbons (Fsp3) is 0.192. The number of carbonyl (C=O) groups excluding carboxylic acids is 1. The molecule has 7 nitrogen and oxygen atoms in total. The highest BCUT2D eigenvalue weighted by Gasteiger charge is 2.19. The Balaban J connectivity index is 1.32. The van der Waals surface area contributed by atoms with E-state index in [1.807, 2.05) is 97.4 Å². The number of benzene rings is 3. The van der Waals surface area contributed by atoms with Gasteiger partial charge < -0.3 is 19.4 Å². The molecule has 1 amide bonds. The van der Waals surface area contributed by atoms with Crippen LogP contribution in [0.25, 0.3) is 11.4 Å². The molecule has 0 aliphatic heterocycles. The summed E-state index contributed by atoms with van der Waals surface area (Å²) in [5.41, 5.74) is 2.74. The lowest BCUT2D eigenvalue weighted by molar-refractivity contribution is -0.115. The number of aromatic nitrogens is 3. The molecule has 174 valence electrons. The van der Waals surface area contributed by atoms with E-state index in [0.29, 0.717) is 17.5 Å². The normalized spacial score (nSPS) is 11.6. The summed E-state index contributed by atoms with van der Waals surface area (Å²) < 4.78 is 12.9. The van der Waals surface area contributed by atoms with E-state index in [2.05, 4.69) is 15.5 Å². The summed E-state index contributed by atoms with van der Waals surface area (Å²) in [5.74, 6) is 2.14. The van der Waals surface area contributed by atoms with Gasteiger partial charge in [0.05, 0.1) is 12.4 Å². The Hall–Kier alpha value is -3.78. The van der Waals surface area contributed by atoms with Gasteiger partial charge in [-0.3, -0.25) is 4.79 Å². The Morgan fingerprint density at radius 2 is 1.65 bits per heavy atom. The van der Waals surface area contributed by atoms with E-state index >= 15 is 0 Å². The monoisotopic (exact) mass is 474 g/mol. The van der Waals surface area contributed by atoms with Crippen LogP contribution in [0.15, 0.2) is 84.0 Å². The number of carbonyl (C=O) groups is 1. The van der Waals surface area contributed by atoms with Crippen molar-refractivity contribution in [3.8, 4) is 22.9 Å². The van der Waals surface area contributed by atoms with Crippen molar-refractivity contribution in [1.82, 2.24) is 14.8 Å². The zero-order chi connectivity index (χ0) is 23.9. The minimum Gasteiger partial charge on any atom is -0.497 e. The highest BCUT2D eigenvalue weighted by atomic mass is 32.2. The fourth-order valence-corrected chi connectivity index (χ4v) is 4.05. The Bertz CT molecular complexity index is 1230. The first kappa shape index (κ1) is 23.4. The molecule has 4 aromatic rings. The summed E-state index contributed by atoms with van der Waals surface area (Å²) >= 11 is 1.36. The molecule has 1 N–H and O–H groups in total. The molecule has 3 aromatic carbocycles. The Kier molecular flexibility index (Phi) is 7.49. The molecule has 34 heavy (non-hydrogen) atoms. The maximum absolute atomic E-state index is 12.7. The summed E-state index contributed by atoms with van der Waals surface area (Å²) in [6.45, 7) is 2.34. The van der Waals surface area contributed by atoms with Gasteiger partial charge in [0.1, 0.15) is 18.1 Å². The topological polar surface area (TPSA) is 78.3 Å². The lowest BCUT2D eigenvalue weighted by Gasteiger charge is -2.12. The molecule has 0 saturated heterocycles. The molecule has 0 bridgehead atoms. The van der Waals surface area contributed by atoms with Crippen LogP contribution in [0.4, 0.5) is 5.69 Å². The van der Waals surface area contributed by atoms with Gasteiger partial charge in [0.25, 0.3) is 0 Å². The van der Waals surface area contributed by atoms with Crippen LogP contribution in [-0.4, -0.2) is 33.0 Å². The third kappa shape index (κ3) is 5.77. The number of rotatable bonds is 9. The van der Waals surface area contributed by atoms with Gasteiger partial charge in [0.2, 0.25) is 5.91 Å². The van der Waals surface area contributed by atoms with Gasteiger partial charge >= 0.3 is 0 Å². The SMILES string of the molecule is COc1ccc(-c2nnc(S[C@H](C)C(=O)Nc3ccc(OCc4ccccc4)cc3)n2C)cc1. The molecular weight excluding hydrogens is 448 g/mol.